The van der Waals surface area contributed by atoms with Crippen LogP contribution in [0.25, 0.3) is 0 Å². The Hall–Kier alpha value is -1.47. The number of halogens is 3. The molecule has 19 heavy (non-hydrogen) atoms. The predicted molar refractivity (Wildman–Crippen MR) is 70.5 cm³/mol. The van der Waals surface area contributed by atoms with Crippen LogP contribution < -0.4 is 5.32 Å². The zero-order chi connectivity index (χ0) is 14.5. The molecule has 0 radical (unpaired) electrons. The molecule has 0 aliphatic rings. The number of hydrogen-bond donors (Lipinski definition) is 1. The quantitative estimate of drug-likeness (QED) is 0.791. The molecular weight excluding hydrogens is 251 g/mol. The van der Waals surface area contributed by atoms with E-state index in [1.807, 2.05) is 13.8 Å². The normalized spacial score (nSPS) is 14.7. The summed E-state index contributed by atoms with van der Waals surface area (Å²) >= 11 is 0. The Balaban J connectivity index is 2.73. The first kappa shape index (κ1) is 15.6. The molecule has 0 fully saturated rings. The van der Waals surface area contributed by atoms with Crippen LogP contribution in [0.5, 0.6) is 0 Å². The Bertz CT molecular complexity index is 428. The topological polar surface area (TPSA) is 12.0 Å². The van der Waals surface area contributed by atoms with E-state index >= 15 is 0 Å². The van der Waals surface area contributed by atoms with E-state index in [0.717, 1.165) is 24.1 Å². The molecule has 104 valence electrons. The van der Waals surface area contributed by atoms with Crippen molar-refractivity contribution in [2.75, 3.05) is 0 Å². The van der Waals surface area contributed by atoms with Gasteiger partial charge >= 0.3 is 6.18 Å². The third kappa shape index (κ3) is 4.60. The lowest BCUT2D eigenvalue weighted by molar-refractivity contribution is -0.137. The highest BCUT2D eigenvalue weighted by Crippen LogP contribution is 2.29. The van der Waals surface area contributed by atoms with E-state index in [2.05, 4.69) is 11.2 Å². The van der Waals surface area contributed by atoms with Crippen molar-refractivity contribution in [1.29, 1.82) is 0 Å². The summed E-state index contributed by atoms with van der Waals surface area (Å²) in [5.41, 5.74) is 0.197. The van der Waals surface area contributed by atoms with Crippen molar-refractivity contribution in [2.24, 2.45) is 0 Å². The Morgan fingerprint density at radius 3 is 2.26 bits per heavy atom. The molecule has 0 saturated heterocycles. The van der Waals surface area contributed by atoms with E-state index in [4.69, 9.17) is 6.42 Å². The van der Waals surface area contributed by atoms with Gasteiger partial charge in [0, 0.05) is 18.5 Å². The smallest absolute Gasteiger partial charge is 0.307 e. The van der Waals surface area contributed by atoms with Crippen LogP contribution in [0.15, 0.2) is 24.3 Å². The number of alkyl halides is 3. The summed E-state index contributed by atoms with van der Waals surface area (Å²) in [6.07, 6.45) is 2.48. The van der Waals surface area contributed by atoms with Crippen molar-refractivity contribution in [3.8, 4) is 12.3 Å². The molecule has 0 spiro atoms. The Labute approximate surface area is 112 Å². The maximum atomic E-state index is 12.4. The molecular formula is C15H18F3N. The van der Waals surface area contributed by atoms with Crippen molar-refractivity contribution in [3.05, 3.63) is 35.4 Å². The summed E-state index contributed by atoms with van der Waals surface area (Å²) in [7, 11) is 0. The van der Waals surface area contributed by atoms with Crippen LogP contribution in [0.1, 0.15) is 43.9 Å². The predicted octanol–water partition coefficient (Wildman–Crippen LogP) is 4.16. The first-order valence-electron chi connectivity index (χ1n) is 6.25. The molecule has 1 aromatic rings. The summed E-state index contributed by atoms with van der Waals surface area (Å²) in [5, 5.41) is 3.32. The Morgan fingerprint density at radius 2 is 1.84 bits per heavy atom. The lowest BCUT2D eigenvalue weighted by Gasteiger charge is -2.21. The molecule has 0 amide bonds. The summed E-state index contributed by atoms with van der Waals surface area (Å²) in [4.78, 5) is 0. The maximum Gasteiger partial charge on any atom is 0.416 e. The lowest BCUT2D eigenvalue weighted by atomic mass is 10.0. The van der Waals surface area contributed by atoms with Gasteiger partial charge in [0.1, 0.15) is 0 Å². The van der Waals surface area contributed by atoms with Gasteiger partial charge in [-0.1, -0.05) is 19.1 Å². The molecule has 1 nitrogen and oxygen atoms in total. The first-order chi connectivity index (χ1) is 8.88. The number of terminal acetylenes is 1. The van der Waals surface area contributed by atoms with Gasteiger partial charge in [0.25, 0.3) is 0 Å². The number of benzene rings is 1. The molecule has 4 heteroatoms. The van der Waals surface area contributed by atoms with E-state index in [1.165, 1.54) is 12.1 Å². The van der Waals surface area contributed by atoms with Gasteiger partial charge < -0.3 is 5.32 Å². The number of hydrogen-bond acceptors (Lipinski definition) is 1. The Kier molecular flexibility index (Phi) is 5.44. The third-order valence-corrected chi connectivity index (χ3v) is 3.08. The van der Waals surface area contributed by atoms with E-state index in [1.54, 1.807) is 0 Å². The van der Waals surface area contributed by atoms with Gasteiger partial charge in [-0.15, -0.1) is 12.3 Å². The molecule has 1 aromatic carbocycles. The van der Waals surface area contributed by atoms with Crippen LogP contribution in [-0.4, -0.2) is 6.04 Å². The van der Waals surface area contributed by atoms with Gasteiger partial charge in [0.2, 0.25) is 0 Å². The van der Waals surface area contributed by atoms with E-state index in [9.17, 15) is 13.2 Å². The minimum atomic E-state index is -4.29. The fraction of sp³-hybridized carbons (Fsp3) is 0.467. The van der Waals surface area contributed by atoms with Gasteiger partial charge in [-0.2, -0.15) is 13.2 Å². The second-order valence-electron chi connectivity index (χ2n) is 4.52. The summed E-state index contributed by atoms with van der Waals surface area (Å²) < 4.78 is 37.3. The molecule has 0 aromatic heterocycles. The molecule has 1 rings (SSSR count). The average Bonchev–Trinajstić information content (AvgIpc) is 2.37. The number of nitrogens with one attached hydrogen (secondary N) is 1. The van der Waals surface area contributed by atoms with Crippen LogP contribution in [0, 0.1) is 12.3 Å². The van der Waals surface area contributed by atoms with Crippen LogP contribution in [0.2, 0.25) is 0 Å². The zero-order valence-corrected chi connectivity index (χ0v) is 11.1. The van der Waals surface area contributed by atoms with Crippen LogP contribution in [0.4, 0.5) is 13.2 Å². The monoisotopic (exact) mass is 269 g/mol. The van der Waals surface area contributed by atoms with Crippen LogP contribution >= 0.6 is 0 Å². The number of rotatable bonds is 5. The fourth-order valence-electron chi connectivity index (χ4n) is 1.87. The standard InChI is InChI=1S/C15H18F3N/c1-4-6-14(5-2)19-11(3)12-7-9-13(10-8-12)15(16,17)18/h1,7-11,14,19H,5-6H2,2-3H3. The van der Waals surface area contributed by atoms with E-state index in [0.29, 0.717) is 6.42 Å². The Morgan fingerprint density at radius 1 is 1.26 bits per heavy atom. The van der Waals surface area contributed by atoms with Gasteiger partial charge in [-0.3, -0.25) is 0 Å². The highest BCUT2D eigenvalue weighted by Gasteiger charge is 2.30. The van der Waals surface area contributed by atoms with E-state index in [-0.39, 0.29) is 12.1 Å². The van der Waals surface area contributed by atoms with Crippen LogP contribution in [-0.2, 0) is 6.18 Å². The molecule has 1 N–H and O–H groups in total. The largest absolute Gasteiger partial charge is 0.416 e. The SMILES string of the molecule is C#CCC(CC)NC(C)c1ccc(C(F)(F)F)cc1. The molecule has 2 unspecified atom stereocenters. The van der Waals surface area contributed by atoms with Crippen LogP contribution in [0.3, 0.4) is 0 Å². The summed E-state index contributed by atoms with van der Waals surface area (Å²) in [6.45, 7) is 3.94. The molecule has 0 bridgehead atoms. The van der Waals surface area contributed by atoms with Crippen molar-refractivity contribution in [2.45, 2.75) is 44.9 Å². The first-order valence-corrected chi connectivity index (χ1v) is 6.25. The summed E-state index contributed by atoms with van der Waals surface area (Å²) in [5.74, 6) is 2.59. The molecule has 0 heterocycles. The highest BCUT2D eigenvalue weighted by molar-refractivity contribution is 5.26. The van der Waals surface area contributed by atoms with Crippen molar-refractivity contribution in [1.82, 2.24) is 5.32 Å². The van der Waals surface area contributed by atoms with Gasteiger partial charge in [0.15, 0.2) is 0 Å². The minimum Gasteiger partial charge on any atom is -0.307 e. The van der Waals surface area contributed by atoms with E-state index < -0.39 is 11.7 Å². The molecule has 0 saturated carbocycles. The van der Waals surface area contributed by atoms with Gasteiger partial charge in [0.05, 0.1) is 5.56 Å². The average molecular weight is 269 g/mol. The van der Waals surface area contributed by atoms with Crippen molar-refractivity contribution < 1.29 is 13.2 Å². The maximum absolute atomic E-state index is 12.4. The molecule has 2 atom stereocenters. The lowest BCUT2D eigenvalue weighted by Crippen LogP contribution is -2.30. The highest BCUT2D eigenvalue weighted by atomic mass is 19.4. The second kappa shape index (κ2) is 6.63. The molecule has 0 aliphatic heterocycles. The third-order valence-electron chi connectivity index (χ3n) is 3.08. The summed E-state index contributed by atoms with van der Waals surface area (Å²) in [6, 6.07) is 5.38. The van der Waals surface area contributed by atoms with Crippen molar-refractivity contribution in [3.63, 3.8) is 0 Å². The molecule has 0 aliphatic carbocycles. The fourth-order valence-corrected chi connectivity index (χ4v) is 1.87. The zero-order valence-electron chi connectivity index (χ0n) is 11.1. The van der Waals surface area contributed by atoms with Gasteiger partial charge in [-0.25, -0.2) is 0 Å². The minimum absolute atomic E-state index is 0.0272. The second-order valence-corrected chi connectivity index (χ2v) is 4.52. The van der Waals surface area contributed by atoms with Gasteiger partial charge in [-0.05, 0) is 31.0 Å². The van der Waals surface area contributed by atoms with Crippen molar-refractivity contribution >= 4 is 0 Å².